The van der Waals surface area contributed by atoms with Gasteiger partial charge in [-0.2, -0.15) is 4.98 Å². The van der Waals surface area contributed by atoms with Crippen molar-refractivity contribution in [2.75, 3.05) is 29.9 Å². The Morgan fingerprint density at radius 3 is 2.86 bits per heavy atom. The van der Waals surface area contributed by atoms with Gasteiger partial charge in [-0.3, -0.25) is 0 Å². The summed E-state index contributed by atoms with van der Waals surface area (Å²) in [6.45, 7) is 8.83. The quantitative estimate of drug-likeness (QED) is 0.940. The van der Waals surface area contributed by atoms with Crippen molar-refractivity contribution in [1.29, 1.82) is 0 Å². The van der Waals surface area contributed by atoms with Crippen LogP contribution in [0, 0.1) is 6.92 Å². The van der Waals surface area contributed by atoms with Crippen molar-refractivity contribution in [2.24, 2.45) is 0 Å². The summed E-state index contributed by atoms with van der Waals surface area (Å²) in [7, 11) is 0. The predicted octanol–water partition coefficient (Wildman–Crippen LogP) is 3.05. The SMILES string of the molecule is CCNc1nc(C)c2c(n1)N(CC)CC(c1nccs1)=C2. The molecule has 5 nitrogen and oxygen atoms in total. The van der Waals surface area contributed by atoms with Gasteiger partial charge in [0.1, 0.15) is 10.8 Å². The second-order valence-electron chi connectivity index (χ2n) is 4.92. The topological polar surface area (TPSA) is 53.9 Å². The number of hydrogen-bond donors (Lipinski definition) is 1. The fourth-order valence-corrected chi connectivity index (χ4v) is 3.13. The first kappa shape index (κ1) is 14.0. The number of thiazole rings is 1. The number of nitrogens with one attached hydrogen (secondary N) is 1. The third-order valence-electron chi connectivity index (χ3n) is 3.52. The number of hydrogen-bond acceptors (Lipinski definition) is 6. The van der Waals surface area contributed by atoms with E-state index in [1.54, 1.807) is 11.3 Å². The van der Waals surface area contributed by atoms with Gasteiger partial charge in [-0.1, -0.05) is 0 Å². The zero-order valence-electron chi connectivity index (χ0n) is 12.6. The Morgan fingerprint density at radius 1 is 1.33 bits per heavy atom. The fourth-order valence-electron chi connectivity index (χ4n) is 2.49. The lowest BCUT2D eigenvalue weighted by Gasteiger charge is -2.29. The van der Waals surface area contributed by atoms with Crippen molar-refractivity contribution in [1.82, 2.24) is 15.0 Å². The average Bonchev–Trinajstić information content (AvgIpc) is 3.01. The molecule has 2 aromatic rings. The van der Waals surface area contributed by atoms with Gasteiger partial charge in [0, 0.05) is 42.3 Å². The maximum Gasteiger partial charge on any atom is 0.224 e. The maximum atomic E-state index is 4.67. The van der Waals surface area contributed by atoms with Gasteiger partial charge in [0.2, 0.25) is 5.95 Å². The third kappa shape index (κ3) is 2.63. The first-order chi connectivity index (χ1) is 10.2. The van der Waals surface area contributed by atoms with E-state index in [1.165, 1.54) is 5.57 Å². The van der Waals surface area contributed by atoms with E-state index in [0.717, 1.165) is 41.7 Å². The Balaban J connectivity index is 2.09. The molecule has 2 aromatic heterocycles. The van der Waals surface area contributed by atoms with Crippen molar-refractivity contribution < 1.29 is 0 Å². The Bertz CT molecular complexity index is 663. The lowest BCUT2D eigenvalue weighted by molar-refractivity contribution is 0.867. The van der Waals surface area contributed by atoms with Crippen molar-refractivity contribution in [3.05, 3.63) is 27.8 Å². The largest absolute Gasteiger partial charge is 0.354 e. The minimum Gasteiger partial charge on any atom is -0.354 e. The summed E-state index contributed by atoms with van der Waals surface area (Å²) in [6.07, 6.45) is 4.04. The van der Waals surface area contributed by atoms with Crippen LogP contribution in [0.5, 0.6) is 0 Å². The number of likely N-dealkylation sites (N-methyl/N-ethyl adjacent to an activating group) is 1. The lowest BCUT2D eigenvalue weighted by Crippen LogP contribution is -2.30. The molecular weight excluding hydrogens is 282 g/mol. The van der Waals surface area contributed by atoms with Crippen LogP contribution >= 0.6 is 11.3 Å². The normalized spacial score (nSPS) is 13.9. The molecule has 0 spiro atoms. The van der Waals surface area contributed by atoms with E-state index in [-0.39, 0.29) is 0 Å². The molecule has 1 N–H and O–H groups in total. The number of nitrogens with zero attached hydrogens (tertiary/aromatic N) is 4. The molecule has 0 radical (unpaired) electrons. The van der Waals surface area contributed by atoms with E-state index < -0.39 is 0 Å². The molecule has 0 atom stereocenters. The molecule has 0 unspecified atom stereocenters. The molecule has 0 amide bonds. The molecule has 110 valence electrons. The molecular formula is C15H19N5S. The molecule has 0 saturated heterocycles. The number of anilines is 2. The smallest absolute Gasteiger partial charge is 0.224 e. The molecule has 3 heterocycles. The molecule has 0 bridgehead atoms. The van der Waals surface area contributed by atoms with Crippen LogP contribution in [0.2, 0.25) is 0 Å². The minimum absolute atomic E-state index is 0.707. The van der Waals surface area contributed by atoms with Crippen molar-refractivity contribution in [3.8, 4) is 0 Å². The Labute approximate surface area is 128 Å². The monoisotopic (exact) mass is 301 g/mol. The number of rotatable bonds is 4. The number of aryl methyl sites for hydroxylation is 1. The van der Waals surface area contributed by atoms with Crippen LogP contribution in [-0.2, 0) is 0 Å². The van der Waals surface area contributed by atoms with Crippen LogP contribution in [0.1, 0.15) is 30.1 Å². The molecule has 3 rings (SSSR count). The molecule has 0 aliphatic carbocycles. The van der Waals surface area contributed by atoms with Gasteiger partial charge < -0.3 is 10.2 Å². The van der Waals surface area contributed by atoms with E-state index in [2.05, 4.69) is 45.1 Å². The van der Waals surface area contributed by atoms with Gasteiger partial charge in [0.25, 0.3) is 0 Å². The van der Waals surface area contributed by atoms with E-state index in [9.17, 15) is 0 Å². The van der Waals surface area contributed by atoms with Crippen molar-refractivity contribution in [3.63, 3.8) is 0 Å². The second-order valence-corrected chi connectivity index (χ2v) is 5.82. The Hall–Kier alpha value is -1.95. The van der Waals surface area contributed by atoms with Crippen molar-refractivity contribution >= 4 is 34.8 Å². The molecule has 0 saturated carbocycles. The summed E-state index contributed by atoms with van der Waals surface area (Å²) in [5, 5.41) is 6.29. The third-order valence-corrected chi connectivity index (χ3v) is 4.37. The second kappa shape index (κ2) is 5.81. The zero-order chi connectivity index (χ0) is 14.8. The Kier molecular flexibility index (Phi) is 3.88. The summed E-state index contributed by atoms with van der Waals surface area (Å²) in [5.41, 5.74) is 3.35. The first-order valence-corrected chi connectivity index (χ1v) is 8.08. The fraction of sp³-hybridized carbons (Fsp3) is 0.400. The number of aromatic nitrogens is 3. The molecule has 21 heavy (non-hydrogen) atoms. The molecule has 1 aliphatic rings. The van der Waals surface area contributed by atoms with Gasteiger partial charge >= 0.3 is 0 Å². The summed E-state index contributed by atoms with van der Waals surface area (Å²) in [4.78, 5) is 15.9. The van der Waals surface area contributed by atoms with Crippen LogP contribution < -0.4 is 10.2 Å². The Morgan fingerprint density at radius 2 is 2.19 bits per heavy atom. The summed E-state index contributed by atoms with van der Waals surface area (Å²) in [6, 6.07) is 0. The van der Waals surface area contributed by atoms with Crippen LogP contribution in [0.25, 0.3) is 11.6 Å². The predicted molar refractivity (Wildman–Crippen MR) is 88.8 cm³/mol. The zero-order valence-corrected chi connectivity index (χ0v) is 13.4. The van der Waals surface area contributed by atoms with Crippen LogP contribution in [0.4, 0.5) is 11.8 Å². The van der Waals surface area contributed by atoms with Crippen molar-refractivity contribution in [2.45, 2.75) is 20.8 Å². The van der Waals surface area contributed by atoms with Gasteiger partial charge in [0.15, 0.2) is 0 Å². The van der Waals surface area contributed by atoms with Crippen LogP contribution in [0.15, 0.2) is 11.6 Å². The molecule has 1 aliphatic heterocycles. The van der Waals surface area contributed by atoms with E-state index >= 15 is 0 Å². The lowest BCUT2D eigenvalue weighted by atomic mass is 10.1. The molecule has 0 fully saturated rings. The highest BCUT2D eigenvalue weighted by Crippen LogP contribution is 2.33. The number of fused-ring (bicyclic) bond motifs is 1. The molecule has 0 aromatic carbocycles. The average molecular weight is 301 g/mol. The van der Waals surface area contributed by atoms with Gasteiger partial charge in [-0.15, -0.1) is 11.3 Å². The maximum absolute atomic E-state index is 4.67. The minimum atomic E-state index is 0.707. The van der Waals surface area contributed by atoms with Crippen LogP contribution in [-0.4, -0.2) is 34.6 Å². The van der Waals surface area contributed by atoms with E-state index in [0.29, 0.717) is 5.95 Å². The first-order valence-electron chi connectivity index (χ1n) is 7.20. The highest BCUT2D eigenvalue weighted by atomic mass is 32.1. The van der Waals surface area contributed by atoms with E-state index in [4.69, 9.17) is 0 Å². The van der Waals surface area contributed by atoms with Gasteiger partial charge in [0.05, 0.1) is 5.69 Å². The van der Waals surface area contributed by atoms with Gasteiger partial charge in [-0.25, -0.2) is 9.97 Å². The summed E-state index contributed by atoms with van der Waals surface area (Å²) < 4.78 is 0. The summed E-state index contributed by atoms with van der Waals surface area (Å²) >= 11 is 1.67. The van der Waals surface area contributed by atoms with Gasteiger partial charge in [-0.05, 0) is 26.8 Å². The highest BCUT2D eigenvalue weighted by Gasteiger charge is 2.23. The highest BCUT2D eigenvalue weighted by molar-refractivity contribution is 7.10. The summed E-state index contributed by atoms with van der Waals surface area (Å²) in [5.74, 6) is 1.72. The van der Waals surface area contributed by atoms with Crippen LogP contribution in [0.3, 0.4) is 0 Å². The standard InChI is InChI=1S/C15H19N5S/c1-4-16-15-18-10(3)12-8-11(14-17-6-7-21-14)9-20(5-2)13(12)19-15/h6-8H,4-5,9H2,1-3H3,(H,16,18,19). The molecule has 6 heteroatoms. The van der Waals surface area contributed by atoms with E-state index in [1.807, 2.05) is 18.5 Å².